The third-order valence-electron chi connectivity index (χ3n) is 5.07. The number of aromatic nitrogens is 1. The summed E-state index contributed by atoms with van der Waals surface area (Å²) in [5.41, 5.74) is 3.17. The Morgan fingerprint density at radius 1 is 1.13 bits per heavy atom. The molecule has 0 radical (unpaired) electrons. The summed E-state index contributed by atoms with van der Waals surface area (Å²) in [6.45, 7) is 11.1. The minimum atomic E-state index is -0.480. The number of nitrogens with zero attached hydrogens (tertiary/aromatic N) is 3. The molecule has 3 rings (SSSR count). The molecule has 5 nitrogen and oxygen atoms in total. The maximum atomic E-state index is 13.9. The Kier molecular flexibility index (Phi) is 7.39. The molecule has 3 aromatic rings. The number of ether oxygens (including phenoxy) is 1. The molecule has 0 aliphatic carbocycles. The maximum absolute atomic E-state index is 13.9. The number of aryl methyl sites for hydroxylation is 2. The van der Waals surface area contributed by atoms with Crippen molar-refractivity contribution in [1.29, 1.82) is 0 Å². The van der Waals surface area contributed by atoms with Crippen molar-refractivity contribution in [3.8, 4) is 5.75 Å². The first-order chi connectivity index (χ1) is 14.4. The second-order valence-corrected chi connectivity index (χ2v) is 8.23. The van der Waals surface area contributed by atoms with Crippen molar-refractivity contribution in [1.82, 2.24) is 9.88 Å². The standard InChI is InChI=1S/C23H28FN3O2S/c1-5-26(6-2)11-12-27(21(28)15-29-19-10-8-7-9-18(19)24)23-25-22-17(4)13-16(3)14-20(22)30-23/h7-10,13-14H,5-6,11-12,15H2,1-4H3. The first-order valence-corrected chi connectivity index (χ1v) is 11.0. The number of halogens is 1. The topological polar surface area (TPSA) is 45.7 Å². The molecule has 30 heavy (non-hydrogen) atoms. The van der Waals surface area contributed by atoms with Crippen molar-refractivity contribution in [3.05, 3.63) is 53.3 Å². The highest BCUT2D eigenvalue weighted by molar-refractivity contribution is 7.22. The maximum Gasteiger partial charge on any atom is 0.266 e. The second-order valence-electron chi connectivity index (χ2n) is 7.22. The zero-order valence-electron chi connectivity index (χ0n) is 17.9. The van der Waals surface area contributed by atoms with E-state index >= 15 is 0 Å². The molecule has 7 heteroatoms. The van der Waals surface area contributed by atoms with Crippen LogP contribution in [0.5, 0.6) is 5.75 Å². The molecular weight excluding hydrogens is 401 g/mol. The molecular formula is C23H28FN3O2S. The number of likely N-dealkylation sites (N-methyl/N-ethyl adjacent to an activating group) is 1. The molecule has 0 spiro atoms. The fourth-order valence-electron chi connectivity index (χ4n) is 3.36. The van der Waals surface area contributed by atoms with Gasteiger partial charge in [-0.1, -0.05) is 43.4 Å². The normalized spacial score (nSPS) is 11.3. The van der Waals surface area contributed by atoms with E-state index in [-0.39, 0.29) is 18.3 Å². The Balaban J connectivity index is 1.85. The zero-order chi connectivity index (χ0) is 21.7. The van der Waals surface area contributed by atoms with Crippen molar-refractivity contribution in [3.63, 3.8) is 0 Å². The summed E-state index contributed by atoms with van der Waals surface area (Å²) < 4.78 is 20.4. The van der Waals surface area contributed by atoms with Crippen molar-refractivity contribution in [2.45, 2.75) is 27.7 Å². The average Bonchev–Trinajstić information content (AvgIpc) is 3.14. The average molecular weight is 430 g/mol. The van der Waals surface area contributed by atoms with Gasteiger partial charge in [0.25, 0.3) is 5.91 Å². The van der Waals surface area contributed by atoms with E-state index in [0.717, 1.165) is 35.4 Å². The predicted octanol–water partition coefficient (Wildman–Crippen LogP) is 4.81. The number of para-hydroxylation sites is 1. The highest BCUT2D eigenvalue weighted by Crippen LogP contribution is 2.32. The molecule has 0 saturated carbocycles. The summed E-state index contributed by atoms with van der Waals surface area (Å²) in [6.07, 6.45) is 0. The minimum Gasteiger partial charge on any atom is -0.481 e. The molecule has 0 bridgehead atoms. The van der Waals surface area contributed by atoms with Crippen LogP contribution >= 0.6 is 11.3 Å². The molecule has 1 aromatic heterocycles. The van der Waals surface area contributed by atoms with Crippen LogP contribution in [0.1, 0.15) is 25.0 Å². The number of hydrogen-bond donors (Lipinski definition) is 0. The van der Waals surface area contributed by atoms with Crippen LogP contribution < -0.4 is 9.64 Å². The van der Waals surface area contributed by atoms with E-state index in [9.17, 15) is 9.18 Å². The highest BCUT2D eigenvalue weighted by atomic mass is 32.1. The molecule has 0 atom stereocenters. The quantitative estimate of drug-likeness (QED) is 0.490. The van der Waals surface area contributed by atoms with E-state index in [2.05, 4.69) is 37.8 Å². The SMILES string of the molecule is CCN(CC)CCN(C(=O)COc1ccccc1F)c1nc2c(C)cc(C)cc2s1. The molecule has 0 aliphatic rings. The number of benzene rings is 2. The molecule has 0 N–H and O–H groups in total. The van der Waals surface area contributed by atoms with Gasteiger partial charge in [0.05, 0.1) is 10.2 Å². The van der Waals surface area contributed by atoms with E-state index in [1.54, 1.807) is 17.0 Å². The Labute approximate surface area is 181 Å². The largest absolute Gasteiger partial charge is 0.481 e. The van der Waals surface area contributed by atoms with Crippen molar-refractivity contribution < 1.29 is 13.9 Å². The Morgan fingerprint density at radius 3 is 2.57 bits per heavy atom. The van der Waals surface area contributed by atoms with Gasteiger partial charge in [0.15, 0.2) is 23.3 Å². The van der Waals surface area contributed by atoms with E-state index in [4.69, 9.17) is 9.72 Å². The second kappa shape index (κ2) is 10.00. The van der Waals surface area contributed by atoms with E-state index in [0.29, 0.717) is 11.7 Å². The van der Waals surface area contributed by atoms with E-state index in [1.807, 2.05) is 6.92 Å². The van der Waals surface area contributed by atoms with Crippen molar-refractivity contribution in [2.24, 2.45) is 0 Å². The van der Waals surface area contributed by atoms with Gasteiger partial charge < -0.3 is 9.64 Å². The lowest BCUT2D eigenvalue weighted by atomic mass is 10.1. The summed E-state index contributed by atoms with van der Waals surface area (Å²) in [4.78, 5) is 21.7. The molecule has 2 aromatic carbocycles. The van der Waals surface area contributed by atoms with Crippen LogP contribution in [0, 0.1) is 19.7 Å². The van der Waals surface area contributed by atoms with E-state index < -0.39 is 5.82 Å². The third kappa shape index (κ3) is 5.15. The lowest BCUT2D eigenvalue weighted by molar-refractivity contribution is -0.120. The monoisotopic (exact) mass is 429 g/mol. The highest BCUT2D eigenvalue weighted by Gasteiger charge is 2.22. The minimum absolute atomic E-state index is 0.0744. The van der Waals surface area contributed by atoms with Crippen LogP contribution in [-0.4, -0.2) is 48.6 Å². The van der Waals surface area contributed by atoms with E-state index in [1.165, 1.54) is 29.0 Å². The number of thiazole rings is 1. The number of anilines is 1. The van der Waals surface area contributed by atoms with Gasteiger partial charge in [0.1, 0.15) is 0 Å². The number of carbonyl (C=O) groups excluding carboxylic acids is 1. The Morgan fingerprint density at radius 2 is 1.87 bits per heavy atom. The number of carbonyl (C=O) groups is 1. The molecule has 0 fully saturated rings. The summed E-state index contributed by atoms with van der Waals surface area (Å²) in [7, 11) is 0. The summed E-state index contributed by atoms with van der Waals surface area (Å²) in [5, 5.41) is 0.646. The summed E-state index contributed by atoms with van der Waals surface area (Å²) in [5.74, 6) is -0.643. The van der Waals surface area contributed by atoms with Gasteiger partial charge in [0.2, 0.25) is 0 Å². The van der Waals surface area contributed by atoms with Gasteiger partial charge in [0, 0.05) is 13.1 Å². The van der Waals surface area contributed by atoms with Crippen molar-refractivity contribution in [2.75, 3.05) is 37.7 Å². The van der Waals surface area contributed by atoms with Gasteiger partial charge in [-0.25, -0.2) is 9.37 Å². The van der Waals surface area contributed by atoms with Crippen LogP contribution in [-0.2, 0) is 4.79 Å². The zero-order valence-corrected chi connectivity index (χ0v) is 18.8. The smallest absolute Gasteiger partial charge is 0.266 e. The number of rotatable bonds is 9. The summed E-state index contributed by atoms with van der Waals surface area (Å²) >= 11 is 1.50. The lowest BCUT2D eigenvalue weighted by Crippen LogP contribution is -2.41. The van der Waals surface area contributed by atoms with Gasteiger partial charge in [-0.05, 0) is 56.3 Å². The van der Waals surface area contributed by atoms with Crippen LogP contribution in [0.15, 0.2) is 36.4 Å². The van der Waals surface area contributed by atoms with Gasteiger partial charge in [-0.3, -0.25) is 9.69 Å². The molecule has 160 valence electrons. The fraction of sp³-hybridized carbons (Fsp3) is 0.391. The number of fused-ring (bicyclic) bond motifs is 1. The number of hydrogen-bond acceptors (Lipinski definition) is 5. The number of amides is 1. The molecule has 0 saturated heterocycles. The Bertz CT molecular complexity index is 1020. The van der Waals surface area contributed by atoms with Gasteiger partial charge >= 0.3 is 0 Å². The van der Waals surface area contributed by atoms with Gasteiger partial charge in [-0.15, -0.1) is 0 Å². The third-order valence-corrected chi connectivity index (χ3v) is 6.10. The van der Waals surface area contributed by atoms with Crippen LogP contribution in [0.4, 0.5) is 9.52 Å². The first kappa shape index (κ1) is 22.2. The molecule has 0 aliphatic heterocycles. The summed E-state index contributed by atoms with van der Waals surface area (Å²) in [6, 6.07) is 10.3. The van der Waals surface area contributed by atoms with Gasteiger partial charge in [-0.2, -0.15) is 0 Å². The fourth-order valence-corrected chi connectivity index (χ4v) is 4.55. The van der Waals surface area contributed by atoms with Crippen LogP contribution in [0.25, 0.3) is 10.2 Å². The lowest BCUT2D eigenvalue weighted by Gasteiger charge is -2.24. The van der Waals surface area contributed by atoms with Crippen LogP contribution in [0.3, 0.4) is 0 Å². The Hall–Kier alpha value is -2.51. The predicted molar refractivity (Wildman–Crippen MR) is 121 cm³/mol. The molecule has 1 amide bonds. The van der Waals surface area contributed by atoms with Crippen molar-refractivity contribution >= 4 is 32.6 Å². The first-order valence-electron chi connectivity index (χ1n) is 10.2. The van der Waals surface area contributed by atoms with Crippen LogP contribution in [0.2, 0.25) is 0 Å². The molecule has 0 unspecified atom stereocenters. The molecule has 1 heterocycles.